The van der Waals surface area contributed by atoms with E-state index in [1.807, 2.05) is 55.5 Å². The summed E-state index contributed by atoms with van der Waals surface area (Å²) in [5, 5.41) is 0. The zero-order valence-electron chi connectivity index (χ0n) is 9.23. The van der Waals surface area contributed by atoms with Crippen molar-refractivity contribution in [2.24, 2.45) is 0 Å². The average molecular weight is 200 g/mol. The van der Waals surface area contributed by atoms with Gasteiger partial charge in [-0.3, -0.25) is 0 Å². The maximum atomic E-state index is 5.32. The van der Waals surface area contributed by atoms with E-state index < -0.39 is 0 Å². The van der Waals surface area contributed by atoms with Crippen molar-refractivity contribution in [3.8, 4) is 0 Å². The Bertz CT molecular complexity index is 372. The minimum atomic E-state index is 0.832. The highest BCUT2D eigenvalue weighted by Crippen LogP contribution is 2.20. The Kier molecular flexibility index (Phi) is 4.42. The summed E-state index contributed by atoms with van der Waals surface area (Å²) in [7, 11) is 1.67. The van der Waals surface area contributed by atoms with E-state index in [-0.39, 0.29) is 0 Å². The average Bonchev–Trinajstić information content (AvgIpc) is 2.30. The molecule has 0 aliphatic heterocycles. The molecule has 0 unspecified atom stereocenters. The fraction of sp³-hybridized carbons (Fsp3) is 0.143. The SMILES string of the molecule is C=C/C(=C(\C=C/C)OC)c1ccccc1. The summed E-state index contributed by atoms with van der Waals surface area (Å²) in [6.45, 7) is 5.78. The molecule has 78 valence electrons. The van der Waals surface area contributed by atoms with Crippen LogP contribution in [0.15, 0.2) is 60.9 Å². The number of hydrogen-bond donors (Lipinski definition) is 0. The fourth-order valence-electron chi connectivity index (χ4n) is 1.40. The van der Waals surface area contributed by atoms with Crippen LogP contribution in [0.3, 0.4) is 0 Å². The highest BCUT2D eigenvalue weighted by Gasteiger charge is 2.02. The maximum Gasteiger partial charge on any atom is 0.126 e. The molecule has 0 amide bonds. The molecule has 1 aromatic carbocycles. The van der Waals surface area contributed by atoms with Crippen LogP contribution < -0.4 is 0 Å². The molecule has 0 N–H and O–H groups in total. The second-order valence-electron chi connectivity index (χ2n) is 3.05. The monoisotopic (exact) mass is 200 g/mol. The lowest BCUT2D eigenvalue weighted by Crippen LogP contribution is -1.89. The Labute approximate surface area is 91.4 Å². The van der Waals surface area contributed by atoms with Crippen LogP contribution in [0, 0.1) is 0 Å². The van der Waals surface area contributed by atoms with E-state index in [2.05, 4.69) is 6.58 Å². The summed E-state index contributed by atoms with van der Waals surface area (Å²) in [4.78, 5) is 0. The van der Waals surface area contributed by atoms with Crippen molar-refractivity contribution >= 4 is 5.57 Å². The summed E-state index contributed by atoms with van der Waals surface area (Å²) in [6.07, 6.45) is 5.70. The lowest BCUT2D eigenvalue weighted by molar-refractivity contribution is 0.309. The van der Waals surface area contributed by atoms with E-state index in [4.69, 9.17) is 4.74 Å². The summed E-state index contributed by atoms with van der Waals surface area (Å²) in [5.41, 5.74) is 2.12. The predicted octanol–water partition coefficient (Wildman–Crippen LogP) is 3.81. The number of allylic oxidation sites excluding steroid dienone is 4. The quantitative estimate of drug-likeness (QED) is 0.530. The lowest BCUT2D eigenvalue weighted by atomic mass is 10.0. The number of hydrogen-bond acceptors (Lipinski definition) is 1. The Hall–Kier alpha value is -1.76. The first-order chi connectivity index (χ1) is 7.33. The van der Waals surface area contributed by atoms with Crippen molar-refractivity contribution in [1.82, 2.24) is 0 Å². The summed E-state index contributed by atoms with van der Waals surface area (Å²) in [5.74, 6) is 0.832. The van der Waals surface area contributed by atoms with E-state index in [1.165, 1.54) is 0 Å². The largest absolute Gasteiger partial charge is 0.496 e. The number of methoxy groups -OCH3 is 1. The van der Waals surface area contributed by atoms with Gasteiger partial charge in [-0.25, -0.2) is 0 Å². The highest BCUT2D eigenvalue weighted by molar-refractivity contribution is 5.76. The second-order valence-corrected chi connectivity index (χ2v) is 3.05. The third-order valence-electron chi connectivity index (χ3n) is 2.09. The van der Waals surface area contributed by atoms with E-state index in [1.54, 1.807) is 7.11 Å². The van der Waals surface area contributed by atoms with Gasteiger partial charge in [-0.1, -0.05) is 49.1 Å². The summed E-state index contributed by atoms with van der Waals surface area (Å²) < 4.78 is 5.32. The lowest BCUT2D eigenvalue weighted by Gasteiger charge is -2.07. The molecule has 0 saturated heterocycles. The second kappa shape index (κ2) is 5.86. The van der Waals surface area contributed by atoms with Crippen molar-refractivity contribution in [2.75, 3.05) is 7.11 Å². The van der Waals surface area contributed by atoms with Crippen LogP contribution in [-0.4, -0.2) is 7.11 Å². The van der Waals surface area contributed by atoms with Gasteiger partial charge in [0, 0.05) is 5.57 Å². The summed E-state index contributed by atoms with van der Waals surface area (Å²) >= 11 is 0. The Morgan fingerprint density at radius 3 is 2.40 bits per heavy atom. The van der Waals surface area contributed by atoms with Crippen LogP contribution in [0.2, 0.25) is 0 Å². The molecule has 1 nitrogen and oxygen atoms in total. The van der Waals surface area contributed by atoms with E-state index in [0.29, 0.717) is 0 Å². The molecule has 0 atom stereocenters. The Morgan fingerprint density at radius 2 is 1.93 bits per heavy atom. The maximum absolute atomic E-state index is 5.32. The van der Waals surface area contributed by atoms with Gasteiger partial charge in [-0.15, -0.1) is 0 Å². The zero-order chi connectivity index (χ0) is 11.1. The molecule has 0 aliphatic carbocycles. The molecule has 1 aromatic rings. The first-order valence-electron chi connectivity index (χ1n) is 4.92. The molecule has 15 heavy (non-hydrogen) atoms. The number of ether oxygens (including phenoxy) is 1. The first-order valence-corrected chi connectivity index (χ1v) is 4.92. The van der Waals surface area contributed by atoms with Crippen molar-refractivity contribution in [2.45, 2.75) is 6.92 Å². The van der Waals surface area contributed by atoms with E-state index >= 15 is 0 Å². The fourth-order valence-corrected chi connectivity index (χ4v) is 1.40. The van der Waals surface area contributed by atoms with Gasteiger partial charge in [0.1, 0.15) is 5.76 Å². The van der Waals surface area contributed by atoms with Crippen molar-refractivity contribution in [1.29, 1.82) is 0 Å². The van der Waals surface area contributed by atoms with Crippen LogP contribution in [0.4, 0.5) is 0 Å². The smallest absolute Gasteiger partial charge is 0.126 e. The van der Waals surface area contributed by atoms with Crippen LogP contribution in [0.5, 0.6) is 0 Å². The van der Waals surface area contributed by atoms with Gasteiger partial charge in [0.25, 0.3) is 0 Å². The standard InChI is InChI=1S/C14H16O/c1-4-9-14(15-3)13(5-2)12-10-7-6-8-11-12/h4-11H,2H2,1,3H3/b9-4-,14-13-. The third-order valence-corrected chi connectivity index (χ3v) is 2.09. The van der Waals surface area contributed by atoms with Crippen molar-refractivity contribution in [3.05, 3.63) is 66.5 Å². The Morgan fingerprint density at radius 1 is 1.27 bits per heavy atom. The first kappa shape index (κ1) is 11.3. The number of benzene rings is 1. The van der Waals surface area contributed by atoms with Gasteiger partial charge in [-0.05, 0) is 18.6 Å². The normalized spacial score (nSPS) is 12.4. The molecule has 0 aliphatic rings. The van der Waals surface area contributed by atoms with E-state index in [9.17, 15) is 0 Å². The van der Waals surface area contributed by atoms with Crippen LogP contribution in [0.1, 0.15) is 12.5 Å². The van der Waals surface area contributed by atoms with Gasteiger partial charge >= 0.3 is 0 Å². The Balaban J connectivity index is 3.22. The highest BCUT2D eigenvalue weighted by atomic mass is 16.5. The van der Waals surface area contributed by atoms with Gasteiger partial charge < -0.3 is 4.74 Å². The minimum Gasteiger partial charge on any atom is -0.496 e. The van der Waals surface area contributed by atoms with Crippen molar-refractivity contribution in [3.63, 3.8) is 0 Å². The number of rotatable bonds is 4. The van der Waals surface area contributed by atoms with Crippen LogP contribution in [-0.2, 0) is 4.74 Å². The molecular formula is C14H16O. The molecule has 0 bridgehead atoms. The molecular weight excluding hydrogens is 184 g/mol. The van der Waals surface area contributed by atoms with Crippen LogP contribution in [0.25, 0.3) is 5.57 Å². The molecule has 0 saturated carbocycles. The molecule has 0 heterocycles. The van der Waals surface area contributed by atoms with E-state index in [0.717, 1.165) is 16.9 Å². The van der Waals surface area contributed by atoms with Crippen LogP contribution >= 0.6 is 0 Å². The zero-order valence-corrected chi connectivity index (χ0v) is 9.23. The van der Waals surface area contributed by atoms with Gasteiger partial charge in [-0.2, -0.15) is 0 Å². The molecule has 0 aromatic heterocycles. The minimum absolute atomic E-state index is 0.832. The van der Waals surface area contributed by atoms with Gasteiger partial charge in [0.15, 0.2) is 0 Å². The predicted molar refractivity (Wildman–Crippen MR) is 65.4 cm³/mol. The van der Waals surface area contributed by atoms with Gasteiger partial charge in [0.2, 0.25) is 0 Å². The molecule has 1 heteroatoms. The topological polar surface area (TPSA) is 9.23 Å². The van der Waals surface area contributed by atoms with Crippen molar-refractivity contribution < 1.29 is 4.74 Å². The van der Waals surface area contributed by atoms with Gasteiger partial charge in [0.05, 0.1) is 7.11 Å². The molecule has 1 rings (SSSR count). The molecule has 0 spiro atoms. The molecule has 0 radical (unpaired) electrons. The summed E-state index contributed by atoms with van der Waals surface area (Å²) in [6, 6.07) is 10.1. The molecule has 0 fully saturated rings. The third kappa shape index (κ3) is 2.84.